The van der Waals surface area contributed by atoms with E-state index >= 15 is 0 Å². The van der Waals surface area contributed by atoms with Gasteiger partial charge in [-0.05, 0) is 31.5 Å². The van der Waals surface area contributed by atoms with Gasteiger partial charge in [-0.1, -0.05) is 23.2 Å². The van der Waals surface area contributed by atoms with Crippen LogP contribution in [-0.4, -0.2) is 12.5 Å². The molecule has 0 atom stereocenters. The summed E-state index contributed by atoms with van der Waals surface area (Å²) in [5.41, 5.74) is 5.70. The number of amides is 1. The van der Waals surface area contributed by atoms with Crippen LogP contribution in [0.25, 0.3) is 0 Å². The highest BCUT2D eigenvalue weighted by Gasteiger charge is 2.09. The fraction of sp³-hybridized carbons (Fsp3) is 0.364. The Labute approximate surface area is 109 Å². The molecule has 0 aromatic heterocycles. The fourth-order valence-corrected chi connectivity index (χ4v) is 1.77. The highest BCUT2D eigenvalue weighted by Crippen LogP contribution is 2.27. The van der Waals surface area contributed by atoms with Gasteiger partial charge in [-0.2, -0.15) is 0 Å². The largest absolute Gasteiger partial charge is 0.330 e. The normalized spacial score (nSPS) is 10.4. The van der Waals surface area contributed by atoms with E-state index in [1.54, 1.807) is 0 Å². The third kappa shape index (κ3) is 4.50. The molecule has 0 fully saturated rings. The van der Waals surface area contributed by atoms with E-state index < -0.39 is 5.82 Å². The minimum atomic E-state index is -0.686. The molecule has 1 aromatic rings. The lowest BCUT2D eigenvalue weighted by molar-refractivity contribution is -0.116. The number of rotatable bonds is 5. The summed E-state index contributed by atoms with van der Waals surface area (Å²) < 4.78 is 13.1. The standard InChI is InChI=1S/C11H13Cl2FN2O/c12-8-5-7(6-9(13)11(8)14)16-10(17)3-1-2-4-15/h5-6H,1-4,15H2,(H,16,17). The van der Waals surface area contributed by atoms with Gasteiger partial charge in [-0.3, -0.25) is 4.79 Å². The second-order valence-corrected chi connectivity index (χ2v) is 4.36. The molecule has 3 nitrogen and oxygen atoms in total. The van der Waals surface area contributed by atoms with Crippen LogP contribution in [0.1, 0.15) is 19.3 Å². The Kier molecular flexibility index (Phi) is 5.68. The molecule has 0 heterocycles. The van der Waals surface area contributed by atoms with E-state index in [0.717, 1.165) is 6.42 Å². The first-order chi connectivity index (χ1) is 8.04. The Morgan fingerprint density at radius 3 is 2.41 bits per heavy atom. The number of nitrogens with one attached hydrogen (secondary N) is 1. The molecule has 0 spiro atoms. The van der Waals surface area contributed by atoms with Gasteiger partial charge in [0.05, 0.1) is 10.0 Å². The number of anilines is 1. The zero-order chi connectivity index (χ0) is 12.8. The second kappa shape index (κ2) is 6.79. The molecule has 0 unspecified atom stereocenters. The van der Waals surface area contributed by atoms with E-state index in [4.69, 9.17) is 28.9 Å². The van der Waals surface area contributed by atoms with Gasteiger partial charge in [0.2, 0.25) is 5.91 Å². The van der Waals surface area contributed by atoms with E-state index in [0.29, 0.717) is 25.1 Å². The van der Waals surface area contributed by atoms with Crippen molar-refractivity contribution >= 4 is 34.8 Å². The molecule has 0 aliphatic carbocycles. The van der Waals surface area contributed by atoms with Gasteiger partial charge >= 0.3 is 0 Å². The predicted molar refractivity (Wildman–Crippen MR) is 68.0 cm³/mol. The average molecular weight is 279 g/mol. The lowest BCUT2D eigenvalue weighted by Crippen LogP contribution is -2.12. The van der Waals surface area contributed by atoms with Gasteiger partial charge in [-0.25, -0.2) is 4.39 Å². The van der Waals surface area contributed by atoms with E-state index in [1.165, 1.54) is 12.1 Å². The van der Waals surface area contributed by atoms with Crippen LogP contribution in [0, 0.1) is 5.82 Å². The quantitative estimate of drug-likeness (QED) is 0.642. The Balaban J connectivity index is 2.60. The van der Waals surface area contributed by atoms with E-state index in [1.807, 2.05) is 0 Å². The van der Waals surface area contributed by atoms with Crippen molar-refractivity contribution in [2.75, 3.05) is 11.9 Å². The minimum absolute atomic E-state index is 0.116. The molecule has 17 heavy (non-hydrogen) atoms. The first-order valence-electron chi connectivity index (χ1n) is 5.19. The molecule has 0 saturated carbocycles. The van der Waals surface area contributed by atoms with Crippen molar-refractivity contribution in [1.29, 1.82) is 0 Å². The summed E-state index contributed by atoms with van der Waals surface area (Å²) in [5, 5.41) is 2.36. The van der Waals surface area contributed by atoms with Gasteiger partial charge in [0, 0.05) is 12.1 Å². The maximum atomic E-state index is 13.1. The molecule has 0 radical (unpaired) electrons. The topological polar surface area (TPSA) is 55.1 Å². The van der Waals surface area contributed by atoms with Crippen molar-refractivity contribution < 1.29 is 9.18 Å². The smallest absolute Gasteiger partial charge is 0.224 e. The van der Waals surface area contributed by atoms with Crippen molar-refractivity contribution in [3.05, 3.63) is 28.0 Å². The zero-order valence-corrected chi connectivity index (χ0v) is 10.6. The van der Waals surface area contributed by atoms with Crippen LogP contribution in [0.5, 0.6) is 0 Å². The van der Waals surface area contributed by atoms with Crippen molar-refractivity contribution in [2.45, 2.75) is 19.3 Å². The Morgan fingerprint density at radius 2 is 1.88 bits per heavy atom. The highest BCUT2D eigenvalue weighted by atomic mass is 35.5. The molecule has 6 heteroatoms. The number of halogens is 3. The van der Waals surface area contributed by atoms with Gasteiger partial charge in [0.15, 0.2) is 5.82 Å². The monoisotopic (exact) mass is 278 g/mol. The summed E-state index contributed by atoms with van der Waals surface area (Å²) >= 11 is 11.2. The summed E-state index contributed by atoms with van der Waals surface area (Å²) in [6.07, 6.45) is 1.87. The van der Waals surface area contributed by atoms with Crippen LogP contribution in [0.4, 0.5) is 10.1 Å². The van der Waals surface area contributed by atoms with E-state index in [9.17, 15) is 9.18 Å². The maximum absolute atomic E-state index is 13.1. The SMILES string of the molecule is NCCCCC(=O)Nc1cc(Cl)c(F)c(Cl)c1. The third-order valence-electron chi connectivity index (χ3n) is 2.13. The summed E-state index contributed by atoms with van der Waals surface area (Å²) in [5.74, 6) is -0.855. The van der Waals surface area contributed by atoms with Crippen LogP contribution < -0.4 is 11.1 Å². The average Bonchev–Trinajstić information content (AvgIpc) is 2.26. The van der Waals surface area contributed by atoms with Crippen LogP contribution in [0.15, 0.2) is 12.1 Å². The minimum Gasteiger partial charge on any atom is -0.330 e. The molecule has 1 amide bonds. The van der Waals surface area contributed by atoms with Gasteiger partial charge < -0.3 is 11.1 Å². The molecule has 0 saturated heterocycles. The lowest BCUT2D eigenvalue weighted by Gasteiger charge is -2.07. The van der Waals surface area contributed by atoms with Crippen molar-refractivity contribution in [1.82, 2.24) is 0 Å². The second-order valence-electron chi connectivity index (χ2n) is 3.55. The van der Waals surface area contributed by atoms with E-state index in [-0.39, 0.29) is 16.0 Å². The molecule has 0 bridgehead atoms. The number of benzene rings is 1. The Bertz CT molecular complexity index is 389. The third-order valence-corrected chi connectivity index (χ3v) is 2.68. The van der Waals surface area contributed by atoms with Gasteiger partial charge in [0.1, 0.15) is 0 Å². The molecule has 1 aromatic carbocycles. The van der Waals surface area contributed by atoms with Crippen LogP contribution in [0.3, 0.4) is 0 Å². The number of unbranched alkanes of at least 4 members (excludes halogenated alkanes) is 1. The fourth-order valence-electron chi connectivity index (χ4n) is 1.28. The predicted octanol–water partition coefficient (Wildman–Crippen LogP) is 3.20. The summed E-state index contributed by atoms with van der Waals surface area (Å²) in [4.78, 5) is 11.5. The van der Waals surface area contributed by atoms with Crippen molar-refractivity contribution in [2.24, 2.45) is 5.73 Å². The van der Waals surface area contributed by atoms with Crippen LogP contribution in [-0.2, 0) is 4.79 Å². The van der Waals surface area contributed by atoms with Gasteiger partial charge in [0.25, 0.3) is 0 Å². The number of carbonyl (C=O) groups is 1. The first-order valence-corrected chi connectivity index (χ1v) is 5.94. The van der Waals surface area contributed by atoms with E-state index in [2.05, 4.69) is 5.32 Å². The molecule has 94 valence electrons. The van der Waals surface area contributed by atoms with Crippen LogP contribution >= 0.6 is 23.2 Å². The Morgan fingerprint density at radius 1 is 1.29 bits per heavy atom. The number of carbonyl (C=O) groups excluding carboxylic acids is 1. The molecule has 3 N–H and O–H groups in total. The van der Waals surface area contributed by atoms with Crippen molar-refractivity contribution in [3.8, 4) is 0 Å². The molecule has 0 aliphatic heterocycles. The summed E-state index contributed by atoms with van der Waals surface area (Å²) in [7, 11) is 0. The molecule has 0 aliphatic rings. The number of hydrogen-bond donors (Lipinski definition) is 2. The number of hydrogen-bond acceptors (Lipinski definition) is 2. The maximum Gasteiger partial charge on any atom is 0.224 e. The lowest BCUT2D eigenvalue weighted by atomic mass is 10.2. The highest BCUT2D eigenvalue weighted by molar-refractivity contribution is 6.35. The first kappa shape index (κ1) is 14.2. The number of nitrogens with two attached hydrogens (primary N) is 1. The Hall–Kier alpha value is -0.840. The molecule has 1 rings (SSSR count). The molecular formula is C11H13Cl2FN2O. The zero-order valence-electron chi connectivity index (χ0n) is 9.10. The molecular weight excluding hydrogens is 266 g/mol. The summed E-state index contributed by atoms with van der Waals surface area (Å²) in [6.45, 7) is 0.557. The van der Waals surface area contributed by atoms with Gasteiger partial charge in [-0.15, -0.1) is 0 Å². The summed E-state index contributed by atoms with van der Waals surface area (Å²) in [6, 6.07) is 2.65. The van der Waals surface area contributed by atoms with Crippen molar-refractivity contribution in [3.63, 3.8) is 0 Å². The van der Waals surface area contributed by atoms with Crippen LogP contribution in [0.2, 0.25) is 10.0 Å².